The average molecular weight is 309 g/mol. The van der Waals surface area contributed by atoms with Crippen LogP contribution < -0.4 is 10.3 Å². The van der Waals surface area contributed by atoms with Crippen LogP contribution in [0.1, 0.15) is 31.0 Å². The lowest BCUT2D eigenvalue weighted by Crippen LogP contribution is -2.25. The van der Waals surface area contributed by atoms with Gasteiger partial charge in [-0.15, -0.1) is 0 Å². The van der Waals surface area contributed by atoms with E-state index < -0.39 is 0 Å². The van der Waals surface area contributed by atoms with Crippen LogP contribution in [0.2, 0.25) is 5.02 Å². The van der Waals surface area contributed by atoms with Crippen LogP contribution in [0.3, 0.4) is 0 Å². The normalized spacial score (nSPS) is 10.9. The number of aliphatic hydroxyl groups excluding tert-OH is 1. The van der Waals surface area contributed by atoms with Gasteiger partial charge in [0.2, 0.25) is 0 Å². The van der Waals surface area contributed by atoms with Crippen molar-refractivity contribution in [1.82, 2.24) is 9.78 Å². The van der Waals surface area contributed by atoms with Crippen molar-refractivity contribution >= 4 is 11.6 Å². The fraction of sp³-hybridized carbons (Fsp3) is 0.333. The smallest absolute Gasteiger partial charge is 0.289 e. The maximum absolute atomic E-state index is 12.0. The van der Waals surface area contributed by atoms with Gasteiger partial charge >= 0.3 is 0 Å². The van der Waals surface area contributed by atoms with Gasteiger partial charge in [-0.05, 0) is 25.0 Å². The number of halogens is 1. The molecule has 6 heteroatoms. The Morgan fingerprint density at radius 1 is 1.29 bits per heavy atom. The van der Waals surface area contributed by atoms with Crippen LogP contribution in [0, 0.1) is 0 Å². The van der Waals surface area contributed by atoms with Crippen molar-refractivity contribution in [3.63, 3.8) is 0 Å². The van der Waals surface area contributed by atoms with E-state index in [9.17, 15) is 4.79 Å². The van der Waals surface area contributed by atoms with E-state index in [2.05, 4.69) is 5.10 Å². The lowest BCUT2D eigenvalue weighted by molar-refractivity contribution is 0.281. The Morgan fingerprint density at radius 3 is 2.48 bits per heavy atom. The molecule has 1 aromatic carbocycles. The Hall–Kier alpha value is -1.85. The Kier molecular flexibility index (Phi) is 4.98. The van der Waals surface area contributed by atoms with Gasteiger partial charge in [0, 0.05) is 0 Å². The minimum absolute atomic E-state index is 0.00428. The molecule has 21 heavy (non-hydrogen) atoms. The van der Waals surface area contributed by atoms with Crippen LogP contribution in [0.25, 0.3) is 0 Å². The monoisotopic (exact) mass is 308 g/mol. The zero-order chi connectivity index (χ0) is 15.4. The van der Waals surface area contributed by atoms with Crippen molar-refractivity contribution in [2.45, 2.75) is 33.1 Å². The highest BCUT2D eigenvalue weighted by atomic mass is 35.5. The number of aliphatic hydroxyl groups is 1. The predicted molar refractivity (Wildman–Crippen MR) is 80.6 cm³/mol. The molecule has 0 aliphatic rings. The van der Waals surface area contributed by atoms with Crippen molar-refractivity contribution in [2.75, 3.05) is 0 Å². The summed E-state index contributed by atoms with van der Waals surface area (Å²) in [6, 6.07) is 7.27. The zero-order valence-corrected chi connectivity index (χ0v) is 12.7. The fourth-order valence-electron chi connectivity index (χ4n) is 1.80. The maximum Gasteiger partial charge on any atom is 0.289 e. The first-order chi connectivity index (χ1) is 10.0. The first kappa shape index (κ1) is 15.5. The van der Waals surface area contributed by atoms with Gasteiger partial charge < -0.3 is 9.84 Å². The Labute approximate surface area is 127 Å². The summed E-state index contributed by atoms with van der Waals surface area (Å²) < 4.78 is 6.85. The molecular formula is C15H17ClN2O3. The highest BCUT2D eigenvalue weighted by molar-refractivity contribution is 6.31. The lowest BCUT2D eigenvalue weighted by atomic mass is 10.1. The molecule has 2 aromatic rings. The van der Waals surface area contributed by atoms with Gasteiger partial charge in [-0.25, -0.2) is 4.68 Å². The number of aromatic nitrogens is 2. The minimum atomic E-state index is -0.361. The average Bonchev–Trinajstić information content (AvgIpc) is 2.49. The molecule has 112 valence electrons. The molecule has 5 nitrogen and oxygen atoms in total. The van der Waals surface area contributed by atoms with E-state index in [1.807, 2.05) is 38.1 Å². The van der Waals surface area contributed by atoms with E-state index >= 15 is 0 Å². The van der Waals surface area contributed by atoms with Gasteiger partial charge in [-0.3, -0.25) is 4.79 Å². The fourth-order valence-corrected chi connectivity index (χ4v) is 1.99. The van der Waals surface area contributed by atoms with Gasteiger partial charge in [-0.2, -0.15) is 5.10 Å². The summed E-state index contributed by atoms with van der Waals surface area (Å²) in [7, 11) is 0. The highest BCUT2D eigenvalue weighted by Gasteiger charge is 2.12. The molecule has 0 aliphatic carbocycles. The molecule has 2 rings (SSSR count). The molecular weight excluding hydrogens is 292 g/mol. The van der Waals surface area contributed by atoms with E-state index in [4.69, 9.17) is 21.4 Å². The maximum atomic E-state index is 12.0. The van der Waals surface area contributed by atoms with Gasteiger partial charge in [0.1, 0.15) is 6.61 Å². The third-order valence-electron chi connectivity index (χ3n) is 3.00. The van der Waals surface area contributed by atoms with Crippen LogP contribution in [-0.4, -0.2) is 14.9 Å². The molecule has 0 radical (unpaired) electrons. The third-order valence-corrected chi connectivity index (χ3v) is 3.35. The number of ether oxygens (including phenoxy) is 1. The number of hydrogen-bond acceptors (Lipinski definition) is 4. The molecule has 0 atom stereocenters. The minimum Gasteiger partial charge on any atom is -0.485 e. The molecule has 0 aliphatic heterocycles. The molecule has 0 saturated heterocycles. The van der Waals surface area contributed by atoms with E-state index in [1.165, 1.54) is 10.9 Å². The second kappa shape index (κ2) is 6.74. The molecule has 1 N–H and O–H groups in total. The van der Waals surface area contributed by atoms with Crippen LogP contribution in [0.15, 0.2) is 35.3 Å². The van der Waals surface area contributed by atoms with Crippen molar-refractivity contribution in [2.24, 2.45) is 0 Å². The standard InChI is InChI=1S/C15H17ClN2O3/c1-10(2)18-15(20)14(16)13(7-17-18)21-9-12-5-3-11(8-19)4-6-12/h3-7,10,19H,8-9H2,1-2H3. The summed E-state index contributed by atoms with van der Waals surface area (Å²) in [5.41, 5.74) is 1.38. The second-order valence-corrected chi connectivity index (χ2v) is 5.31. The first-order valence-electron chi connectivity index (χ1n) is 6.61. The molecule has 0 spiro atoms. The molecule has 1 heterocycles. The topological polar surface area (TPSA) is 64.3 Å². The van der Waals surface area contributed by atoms with E-state index in [0.29, 0.717) is 0 Å². The van der Waals surface area contributed by atoms with E-state index in [-0.39, 0.29) is 35.6 Å². The van der Waals surface area contributed by atoms with Gasteiger partial charge in [-0.1, -0.05) is 35.9 Å². The number of benzene rings is 1. The van der Waals surface area contributed by atoms with Crippen molar-refractivity contribution < 1.29 is 9.84 Å². The van der Waals surface area contributed by atoms with Crippen molar-refractivity contribution in [3.05, 3.63) is 57.0 Å². The van der Waals surface area contributed by atoms with Gasteiger partial charge in [0.15, 0.2) is 10.8 Å². The van der Waals surface area contributed by atoms with Crippen molar-refractivity contribution in [1.29, 1.82) is 0 Å². The summed E-state index contributed by atoms with van der Waals surface area (Å²) in [6.07, 6.45) is 1.45. The quantitative estimate of drug-likeness (QED) is 0.922. The lowest BCUT2D eigenvalue weighted by Gasteiger charge is -2.12. The summed E-state index contributed by atoms with van der Waals surface area (Å²) in [4.78, 5) is 12.0. The number of hydrogen-bond donors (Lipinski definition) is 1. The Balaban J connectivity index is 2.13. The molecule has 0 bridgehead atoms. The summed E-state index contributed by atoms with van der Waals surface area (Å²) >= 11 is 6.02. The summed E-state index contributed by atoms with van der Waals surface area (Å²) in [5, 5.41) is 13.1. The highest BCUT2D eigenvalue weighted by Crippen LogP contribution is 2.20. The molecule has 1 aromatic heterocycles. The first-order valence-corrected chi connectivity index (χ1v) is 6.99. The molecule has 0 amide bonds. The molecule has 0 fully saturated rings. The summed E-state index contributed by atoms with van der Waals surface area (Å²) in [6.45, 7) is 3.99. The second-order valence-electron chi connectivity index (χ2n) is 4.93. The van der Waals surface area contributed by atoms with Crippen LogP contribution in [0.5, 0.6) is 5.75 Å². The van der Waals surface area contributed by atoms with Crippen LogP contribution in [-0.2, 0) is 13.2 Å². The molecule has 0 unspecified atom stereocenters. The Bertz CT molecular complexity index is 666. The van der Waals surface area contributed by atoms with Gasteiger partial charge in [0.25, 0.3) is 5.56 Å². The molecule has 0 saturated carbocycles. The predicted octanol–water partition coefficient (Wildman–Crippen LogP) is 2.55. The van der Waals surface area contributed by atoms with E-state index in [1.54, 1.807) is 0 Å². The zero-order valence-electron chi connectivity index (χ0n) is 11.9. The summed E-state index contributed by atoms with van der Waals surface area (Å²) in [5.74, 6) is 0.268. The SMILES string of the molecule is CC(C)n1ncc(OCc2ccc(CO)cc2)c(Cl)c1=O. The third kappa shape index (κ3) is 3.62. The van der Waals surface area contributed by atoms with Crippen LogP contribution >= 0.6 is 11.6 Å². The van der Waals surface area contributed by atoms with Crippen molar-refractivity contribution in [3.8, 4) is 5.75 Å². The van der Waals surface area contributed by atoms with E-state index in [0.717, 1.165) is 11.1 Å². The Morgan fingerprint density at radius 2 is 1.90 bits per heavy atom. The van der Waals surface area contributed by atoms with Crippen LogP contribution in [0.4, 0.5) is 0 Å². The van der Waals surface area contributed by atoms with Gasteiger partial charge in [0.05, 0.1) is 18.8 Å². The number of rotatable bonds is 5. The largest absolute Gasteiger partial charge is 0.485 e. The number of nitrogens with zero attached hydrogens (tertiary/aromatic N) is 2.